The van der Waals surface area contributed by atoms with Crippen molar-refractivity contribution in [3.8, 4) is 0 Å². The van der Waals surface area contributed by atoms with E-state index < -0.39 is 12.2 Å². The van der Waals surface area contributed by atoms with Crippen molar-refractivity contribution < 1.29 is 13.2 Å². The smallest absolute Gasteiger partial charge is 0.263 e. The molecular weight excluding hydrogens is 191 g/mol. The first kappa shape index (κ1) is 11.0. The van der Waals surface area contributed by atoms with Crippen molar-refractivity contribution in [3.63, 3.8) is 0 Å². The normalized spacial score (nSPS) is 13.3. The van der Waals surface area contributed by atoms with Crippen molar-refractivity contribution in [1.29, 1.82) is 0 Å². The SMILES string of the molecule is CC(CN)c1cc(C(F)F)ccc1F. The van der Waals surface area contributed by atoms with Gasteiger partial charge in [0.1, 0.15) is 5.82 Å². The third-order valence-electron chi connectivity index (χ3n) is 2.16. The molecule has 1 aromatic rings. The Balaban J connectivity index is 3.08. The number of alkyl halides is 2. The molecule has 14 heavy (non-hydrogen) atoms. The second-order valence-electron chi connectivity index (χ2n) is 3.22. The lowest BCUT2D eigenvalue weighted by Gasteiger charge is -2.11. The van der Waals surface area contributed by atoms with Gasteiger partial charge in [0.05, 0.1) is 0 Å². The Labute approximate surface area is 80.7 Å². The van der Waals surface area contributed by atoms with Gasteiger partial charge in [0, 0.05) is 5.56 Å². The molecule has 78 valence electrons. The molecule has 0 amide bonds. The molecule has 0 aliphatic carbocycles. The van der Waals surface area contributed by atoms with Gasteiger partial charge in [0.2, 0.25) is 0 Å². The van der Waals surface area contributed by atoms with E-state index in [2.05, 4.69) is 0 Å². The molecule has 1 unspecified atom stereocenters. The minimum atomic E-state index is -2.57. The van der Waals surface area contributed by atoms with Crippen molar-refractivity contribution in [3.05, 3.63) is 35.1 Å². The summed E-state index contributed by atoms with van der Waals surface area (Å²) < 4.78 is 37.8. The highest BCUT2D eigenvalue weighted by molar-refractivity contribution is 5.28. The number of halogens is 3. The number of benzene rings is 1. The van der Waals surface area contributed by atoms with Crippen LogP contribution in [0.1, 0.15) is 30.4 Å². The van der Waals surface area contributed by atoms with E-state index >= 15 is 0 Å². The van der Waals surface area contributed by atoms with Gasteiger partial charge >= 0.3 is 0 Å². The van der Waals surface area contributed by atoms with Gasteiger partial charge in [-0.25, -0.2) is 13.2 Å². The number of hydrogen-bond acceptors (Lipinski definition) is 1. The maximum Gasteiger partial charge on any atom is 0.263 e. The van der Waals surface area contributed by atoms with Crippen molar-refractivity contribution in [2.24, 2.45) is 5.73 Å². The second-order valence-corrected chi connectivity index (χ2v) is 3.22. The van der Waals surface area contributed by atoms with Gasteiger partial charge in [-0.15, -0.1) is 0 Å². The lowest BCUT2D eigenvalue weighted by Crippen LogP contribution is -2.10. The molecule has 1 atom stereocenters. The minimum absolute atomic E-state index is 0.165. The average Bonchev–Trinajstić information content (AvgIpc) is 2.17. The molecule has 4 heteroatoms. The molecule has 0 saturated heterocycles. The average molecular weight is 203 g/mol. The summed E-state index contributed by atoms with van der Waals surface area (Å²) in [7, 11) is 0. The van der Waals surface area contributed by atoms with Crippen LogP contribution in [-0.4, -0.2) is 6.54 Å². The Hall–Kier alpha value is -1.03. The van der Waals surface area contributed by atoms with E-state index in [-0.39, 0.29) is 23.6 Å². The zero-order chi connectivity index (χ0) is 10.7. The van der Waals surface area contributed by atoms with E-state index in [9.17, 15) is 13.2 Å². The van der Waals surface area contributed by atoms with Crippen LogP contribution in [0, 0.1) is 5.82 Å². The van der Waals surface area contributed by atoms with Gasteiger partial charge in [0.15, 0.2) is 0 Å². The van der Waals surface area contributed by atoms with E-state index in [1.165, 1.54) is 6.07 Å². The van der Waals surface area contributed by atoms with Crippen LogP contribution in [0.2, 0.25) is 0 Å². The predicted octanol–water partition coefficient (Wildman–Crippen LogP) is 2.83. The molecule has 1 aromatic carbocycles. The van der Waals surface area contributed by atoms with E-state index in [0.29, 0.717) is 0 Å². The third kappa shape index (κ3) is 2.26. The molecule has 0 radical (unpaired) electrons. The summed E-state index contributed by atoms with van der Waals surface area (Å²) in [5, 5.41) is 0. The van der Waals surface area contributed by atoms with E-state index in [1.807, 2.05) is 0 Å². The molecule has 2 N–H and O–H groups in total. The maximum absolute atomic E-state index is 13.2. The molecule has 0 aromatic heterocycles. The lowest BCUT2D eigenvalue weighted by atomic mass is 9.98. The van der Waals surface area contributed by atoms with Crippen molar-refractivity contribution in [1.82, 2.24) is 0 Å². The van der Waals surface area contributed by atoms with Crippen molar-refractivity contribution in [2.45, 2.75) is 19.3 Å². The molecule has 0 fully saturated rings. The van der Waals surface area contributed by atoms with Crippen LogP contribution in [0.5, 0.6) is 0 Å². The summed E-state index contributed by atoms with van der Waals surface area (Å²) in [6.45, 7) is 1.94. The third-order valence-corrected chi connectivity index (χ3v) is 2.16. The zero-order valence-corrected chi connectivity index (χ0v) is 7.81. The highest BCUT2D eigenvalue weighted by Gasteiger charge is 2.14. The van der Waals surface area contributed by atoms with Crippen molar-refractivity contribution in [2.75, 3.05) is 6.54 Å². The fourth-order valence-electron chi connectivity index (χ4n) is 1.20. The summed E-state index contributed by atoms with van der Waals surface area (Å²) >= 11 is 0. The molecule has 0 bridgehead atoms. The topological polar surface area (TPSA) is 26.0 Å². The van der Waals surface area contributed by atoms with Crippen LogP contribution in [-0.2, 0) is 0 Å². The largest absolute Gasteiger partial charge is 0.330 e. The van der Waals surface area contributed by atoms with Crippen LogP contribution in [0.3, 0.4) is 0 Å². The van der Waals surface area contributed by atoms with E-state index in [0.717, 1.165) is 12.1 Å². The van der Waals surface area contributed by atoms with Crippen LogP contribution in [0.4, 0.5) is 13.2 Å². The van der Waals surface area contributed by atoms with Gasteiger partial charge < -0.3 is 5.73 Å². The first-order valence-electron chi connectivity index (χ1n) is 4.33. The number of hydrogen-bond donors (Lipinski definition) is 1. The Kier molecular flexibility index (Phi) is 3.52. The van der Waals surface area contributed by atoms with Crippen LogP contribution < -0.4 is 5.73 Å². The van der Waals surface area contributed by atoms with Crippen LogP contribution in [0.15, 0.2) is 18.2 Å². The fourth-order valence-corrected chi connectivity index (χ4v) is 1.20. The molecular formula is C10H12F3N. The lowest BCUT2D eigenvalue weighted by molar-refractivity contribution is 0.151. The minimum Gasteiger partial charge on any atom is -0.330 e. The Bertz CT molecular complexity index is 312. The first-order valence-corrected chi connectivity index (χ1v) is 4.33. The van der Waals surface area contributed by atoms with Gasteiger partial charge in [-0.3, -0.25) is 0 Å². The highest BCUT2D eigenvalue weighted by Crippen LogP contribution is 2.25. The number of nitrogens with two attached hydrogens (primary N) is 1. The second kappa shape index (κ2) is 4.46. The maximum atomic E-state index is 13.2. The van der Waals surface area contributed by atoms with Gasteiger partial charge in [-0.2, -0.15) is 0 Å². The molecule has 0 saturated carbocycles. The van der Waals surface area contributed by atoms with Crippen LogP contribution >= 0.6 is 0 Å². The Morgan fingerprint density at radius 3 is 2.50 bits per heavy atom. The monoisotopic (exact) mass is 203 g/mol. The zero-order valence-electron chi connectivity index (χ0n) is 7.81. The molecule has 0 spiro atoms. The van der Waals surface area contributed by atoms with Gasteiger partial charge in [-0.05, 0) is 30.2 Å². The van der Waals surface area contributed by atoms with Gasteiger partial charge in [0.25, 0.3) is 6.43 Å². The molecule has 0 aliphatic heterocycles. The highest BCUT2D eigenvalue weighted by atomic mass is 19.3. The van der Waals surface area contributed by atoms with Crippen LogP contribution in [0.25, 0.3) is 0 Å². The first-order chi connectivity index (χ1) is 6.56. The quantitative estimate of drug-likeness (QED) is 0.803. The summed E-state index contributed by atoms with van der Waals surface area (Å²) in [6, 6.07) is 3.33. The summed E-state index contributed by atoms with van der Waals surface area (Å²) in [4.78, 5) is 0. The summed E-state index contributed by atoms with van der Waals surface area (Å²) in [6.07, 6.45) is -2.57. The fraction of sp³-hybridized carbons (Fsp3) is 0.400. The molecule has 0 heterocycles. The summed E-state index contributed by atoms with van der Waals surface area (Å²) in [5.74, 6) is -0.721. The molecule has 1 rings (SSSR count). The number of rotatable bonds is 3. The van der Waals surface area contributed by atoms with Gasteiger partial charge in [-0.1, -0.05) is 13.0 Å². The standard InChI is InChI=1S/C10H12F3N/c1-6(5-14)8-4-7(10(12)13)2-3-9(8)11/h2-4,6,10H,5,14H2,1H3. The molecule has 1 nitrogen and oxygen atoms in total. The van der Waals surface area contributed by atoms with Crippen molar-refractivity contribution >= 4 is 0 Å². The van der Waals surface area contributed by atoms with E-state index in [1.54, 1.807) is 6.92 Å². The summed E-state index contributed by atoms with van der Waals surface area (Å²) in [5.41, 5.74) is 5.43. The van der Waals surface area contributed by atoms with E-state index in [4.69, 9.17) is 5.73 Å². The predicted molar refractivity (Wildman–Crippen MR) is 48.8 cm³/mol. The Morgan fingerprint density at radius 1 is 1.36 bits per heavy atom. The Morgan fingerprint density at radius 2 is 2.00 bits per heavy atom. The molecule has 0 aliphatic rings.